The normalized spacial score (nSPS) is 15.2. The molecule has 0 aliphatic carbocycles. The van der Waals surface area contributed by atoms with Crippen LogP contribution in [0.2, 0.25) is 0 Å². The molecule has 0 spiro atoms. The van der Waals surface area contributed by atoms with Crippen molar-refractivity contribution in [2.45, 2.75) is 25.8 Å². The first kappa shape index (κ1) is 10.7. The molecule has 1 aliphatic heterocycles. The Hall–Kier alpha value is -1.82. The Morgan fingerprint density at radius 1 is 1.38 bits per heavy atom. The number of hydrogen-bond acceptors (Lipinski definition) is 2. The summed E-state index contributed by atoms with van der Waals surface area (Å²) in [5.74, 6) is 0.241. The predicted octanol–water partition coefficient (Wildman–Crippen LogP) is 1.88. The average Bonchev–Trinajstić information content (AvgIpc) is 2.66. The molecule has 16 heavy (non-hydrogen) atoms. The van der Waals surface area contributed by atoms with E-state index in [1.165, 1.54) is 0 Å². The monoisotopic (exact) mass is 214 g/mol. The van der Waals surface area contributed by atoms with Crippen molar-refractivity contribution in [3.63, 3.8) is 0 Å². The highest BCUT2D eigenvalue weighted by Gasteiger charge is 2.19. The van der Waals surface area contributed by atoms with E-state index < -0.39 is 0 Å². The Balaban J connectivity index is 2.06. The van der Waals surface area contributed by atoms with Gasteiger partial charge in [0.15, 0.2) is 0 Å². The van der Waals surface area contributed by atoms with Crippen molar-refractivity contribution in [3.8, 4) is 6.07 Å². The predicted molar refractivity (Wildman–Crippen MR) is 60.4 cm³/mol. The van der Waals surface area contributed by atoms with Gasteiger partial charge in [-0.1, -0.05) is 24.3 Å². The second-order valence-corrected chi connectivity index (χ2v) is 4.07. The molecule has 0 N–H and O–H groups in total. The lowest BCUT2D eigenvalue weighted by atomic mass is 10.1. The number of amides is 1. The molecule has 0 unspecified atom stereocenters. The third kappa shape index (κ3) is 2.40. The smallest absolute Gasteiger partial charge is 0.222 e. The van der Waals surface area contributed by atoms with Crippen molar-refractivity contribution < 1.29 is 4.79 Å². The van der Waals surface area contributed by atoms with E-state index in [9.17, 15) is 4.79 Å². The molecule has 0 aromatic heterocycles. The van der Waals surface area contributed by atoms with E-state index in [1.54, 1.807) is 0 Å². The molecule has 1 amide bonds. The van der Waals surface area contributed by atoms with Crippen molar-refractivity contribution in [2.24, 2.45) is 0 Å². The van der Waals surface area contributed by atoms with Crippen molar-refractivity contribution >= 4 is 5.91 Å². The lowest BCUT2D eigenvalue weighted by Crippen LogP contribution is -2.23. The molecule has 1 aliphatic rings. The van der Waals surface area contributed by atoms with Gasteiger partial charge in [-0.15, -0.1) is 0 Å². The summed E-state index contributed by atoms with van der Waals surface area (Å²) >= 11 is 0. The van der Waals surface area contributed by atoms with Gasteiger partial charge in [-0.05, 0) is 17.5 Å². The first-order valence-electron chi connectivity index (χ1n) is 5.52. The van der Waals surface area contributed by atoms with E-state index in [0.717, 1.165) is 24.1 Å². The number of hydrogen-bond donors (Lipinski definition) is 0. The Bertz CT molecular complexity index is 434. The summed E-state index contributed by atoms with van der Waals surface area (Å²) < 4.78 is 0. The maximum Gasteiger partial charge on any atom is 0.222 e. The van der Waals surface area contributed by atoms with Crippen LogP contribution in [0, 0.1) is 11.3 Å². The van der Waals surface area contributed by atoms with Crippen LogP contribution in [-0.4, -0.2) is 17.4 Å². The van der Waals surface area contributed by atoms with Gasteiger partial charge in [-0.2, -0.15) is 5.26 Å². The number of carbonyl (C=O) groups excluding carboxylic acids is 1. The topological polar surface area (TPSA) is 44.1 Å². The summed E-state index contributed by atoms with van der Waals surface area (Å²) in [7, 11) is 0. The van der Waals surface area contributed by atoms with Crippen molar-refractivity contribution in [3.05, 3.63) is 35.4 Å². The van der Waals surface area contributed by atoms with Gasteiger partial charge in [-0.3, -0.25) is 4.79 Å². The fourth-order valence-electron chi connectivity index (χ4n) is 2.02. The molecule has 1 heterocycles. The Kier molecular flexibility index (Phi) is 3.21. The molecule has 0 atom stereocenters. The zero-order valence-corrected chi connectivity index (χ0v) is 9.15. The molecule has 1 aromatic rings. The van der Waals surface area contributed by atoms with E-state index in [2.05, 4.69) is 6.07 Å². The van der Waals surface area contributed by atoms with Crippen molar-refractivity contribution in [1.29, 1.82) is 5.26 Å². The number of rotatable bonds is 3. The number of likely N-dealkylation sites (tertiary alicyclic amines) is 1. The van der Waals surface area contributed by atoms with Gasteiger partial charge in [0, 0.05) is 19.5 Å². The van der Waals surface area contributed by atoms with Crippen LogP contribution in [0.4, 0.5) is 0 Å². The molecule has 3 heteroatoms. The fraction of sp³-hybridized carbons (Fsp3) is 0.385. The maximum absolute atomic E-state index is 11.5. The van der Waals surface area contributed by atoms with Gasteiger partial charge >= 0.3 is 0 Å². The van der Waals surface area contributed by atoms with Crippen LogP contribution in [0.3, 0.4) is 0 Å². The zero-order chi connectivity index (χ0) is 11.4. The van der Waals surface area contributed by atoms with Crippen LogP contribution in [-0.2, 0) is 17.8 Å². The molecule has 2 rings (SSSR count). The molecular weight excluding hydrogens is 200 g/mol. The Labute approximate surface area is 95.3 Å². The van der Waals surface area contributed by atoms with E-state index in [-0.39, 0.29) is 5.91 Å². The molecule has 1 saturated heterocycles. The SMILES string of the molecule is N#CCc1cccc(CN2CCCC2=O)c1. The number of carbonyl (C=O) groups is 1. The maximum atomic E-state index is 11.5. The largest absolute Gasteiger partial charge is 0.338 e. The first-order valence-corrected chi connectivity index (χ1v) is 5.52. The lowest BCUT2D eigenvalue weighted by Gasteiger charge is -2.15. The molecule has 0 radical (unpaired) electrons. The molecule has 0 bridgehead atoms. The second-order valence-electron chi connectivity index (χ2n) is 4.07. The highest BCUT2D eigenvalue weighted by Crippen LogP contribution is 2.15. The minimum absolute atomic E-state index is 0.241. The van der Waals surface area contributed by atoms with Crippen LogP contribution in [0.25, 0.3) is 0 Å². The Morgan fingerprint density at radius 3 is 2.88 bits per heavy atom. The molecule has 1 aromatic carbocycles. The summed E-state index contributed by atoms with van der Waals surface area (Å²) in [6.07, 6.45) is 2.08. The third-order valence-electron chi connectivity index (χ3n) is 2.82. The highest BCUT2D eigenvalue weighted by atomic mass is 16.2. The van der Waals surface area contributed by atoms with E-state index >= 15 is 0 Å². The summed E-state index contributed by atoms with van der Waals surface area (Å²) in [6, 6.07) is 10.0. The molecule has 3 nitrogen and oxygen atoms in total. The minimum atomic E-state index is 0.241. The number of nitriles is 1. The molecule has 0 saturated carbocycles. The second kappa shape index (κ2) is 4.80. The number of benzene rings is 1. The summed E-state index contributed by atoms with van der Waals surface area (Å²) in [4.78, 5) is 13.3. The van der Waals surface area contributed by atoms with Gasteiger partial charge in [0.25, 0.3) is 0 Å². The molecule has 82 valence electrons. The lowest BCUT2D eigenvalue weighted by molar-refractivity contribution is -0.128. The van der Waals surface area contributed by atoms with Gasteiger partial charge < -0.3 is 4.90 Å². The molecular formula is C13H14N2O. The van der Waals surface area contributed by atoms with Crippen LogP contribution in [0.1, 0.15) is 24.0 Å². The minimum Gasteiger partial charge on any atom is -0.338 e. The standard InChI is InChI=1S/C13H14N2O/c14-7-6-11-3-1-4-12(9-11)10-15-8-2-5-13(15)16/h1,3-4,9H,2,5-6,8,10H2. The zero-order valence-electron chi connectivity index (χ0n) is 9.15. The van der Waals surface area contributed by atoms with Gasteiger partial charge in [0.05, 0.1) is 12.5 Å². The van der Waals surface area contributed by atoms with E-state index in [0.29, 0.717) is 19.4 Å². The Morgan fingerprint density at radius 2 is 2.19 bits per heavy atom. The van der Waals surface area contributed by atoms with E-state index in [1.807, 2.05) is 29.2 Å². The summed E-state index contributed by atoms with van der Waals surface area (Å²) in [6.45, 7) is 1.54. The highest BCUT2D eigenvalue weighted by molar-refractivity contribution is 5.78. The van der Waals surface area contributed by atoms with Gasteiger partial charge in [-0.25, -0.2) is 0 Å². The quantitative estimate of drug-likeness (QED) is 0.771. The van der Waals surface area contributed by atoms with Crippen LogP contribution in [0.5, 0.6) is 0 Å². The fourth-order valence-corrected chi connectivity index (χ4v) is 2.02. The first-order chi connectivity index (χ1) is 7.79. The van der Waals surface area contributed by atoms with Crippen LogP contribution in [0.15, 0.2) is 24.3 Å². The molecule has 1 fully saturated rings. The average molecular weight is 214 g/mol. The summed E-state index contributed by atoms with van der Waals surface area (Å²) in [5.41, 5.74) is 2.13. The van der Waals surface area contributed by atoms with Gasteiger partial charge in [0.1, 0.15) is 0 Å². The van der Waals surface area contributed by atoms with Gasteiger partial charge in [0.2, 0.25) is 5.91 Å². The van der Waals surface area contributed by atoms with Crippen LogP contribution < -0.4 is 0 Å². The number of nitrogens with zero attached hydrogens (tertiary/aromatic N) is 2. The van der Waals surface area contributed by atoms with Crippen molar-refractivity contribution in [2.75, 3.05) is 6.54 Å². The summed E-state index contributed by atoms with van der Waals surface area (Å²) in [5, 5.41) is 8.62. The third-order valence-corrected chi connectivity index (χ3v) is 2.82. The van der Waals surface area contributed by atoms with Crippen molar-refractivity contribution in [1.82, 2.24) is 4.90 Å². The van der Waals surface area contributed by atoms with Crippen LogP contribution >= 0.6 is 0 Å². The van der Waals surface area contributed by atoms with E-state index in [4.69, 9.17) is 5.26 Å².